The molecule has 0 spiro atoms. The number of aryl methyl sites for hydroxylation is 2. The van der Waals surface area contributed by atoms with Gasteiger partial charge in [0, 0.05) is 18.5 Å². The molecule has 0 bridgehead atoms. The summed E-state index contributed by atoms with van der Waals surface area (Å²) in [6.07, 6.45) is 5.86. The smallest absolute Gasteiger partial charge is 0.235 e. The first-order valence-corrected chi connectivity index (χ1v) is 8.79. The highest BCUT2D eigenvalue weighted by atomic mass is 16.5. The molecule has 8 heteroatoms. The predicted molar refractivity (Wildman–Crippen MR) is 93.1 cm³/mol. The Morgan fingerprint density at radius 3 is 2.88 bits per heavy atom. The first-order valence-electron chi connectivity index (χ1n) is 8.79. The van der Waals surface area contributed by atoms with Crippen LogP contribution in [0.5, 0.6) is 11.8 Å². The summed E-state index contributed by atoms with van der Waals surface area (Å²) in [7, 11) is 1.54. The van der Waals surface area contributed by atoms with E-state index >= 15 is 0 Å². The van der Waals surface area contributed by atoms with Crippen LogP contribution < -0.4 is 9.47 Å². The maximum atomic E-state index is 12.6. The molecule has 3 heterocycles. The van der Waals surface area contributed by atoms with Gasteiger partial charge in [0.2, 0.25) is 17.7 Å². The first kappa shape index (κ1) is 18.2. The van der Waals surface area contributed by atoms with E-state index in [9.17, 15) is 4.79 Å². The van der Waals surface area contributed by atoms with Crippen molar-refractivity contribution in [2.45, 2.75) is 45.6 Å². The molecule has 2 aromatic heterocycles. The number of ether oxygens (including phenoxy) is 2. The lowest BCUT2D eigenvalue weighted by atomic mass is 10.1. The van der Waals surface area contributed by atoms with Crippen LogP contribution in [0, 0.1) is 13.8 Å². The number of methoxy groups -OCH3 is 1. The number of likely N-dealkylation sites (tertiary alicyclic amines) is 1. The third-order valence-corrected chi connectivity index (χ3v) is 4.59. The molecule has 0 radical (unpaired) electrons. The van der Waals surface area contributed by atoms with Crippen LogP contribution in [0.25, 0.3) is 0 Å². The first-order chi connectivity index (χ1) is 12.6. The zero-order chi connectivity index (χ0) is 18.5. The topological polar surface area (TPSA) is 90.6 Å². The molecule has 0 aliphatic carbocycles. The molecular weight excluding hydrogens is 336 g/mol. The van der Waals surface area contributed by atoms with Crippen molar-refractivity contribution in [3.05, 3.63) is 29.4 Å². The van der Waals surface area contributed by atoms with E-state index in [1.807, 2.05) is 18.7 Å². The van der Waals surface area contributed by atoms with Gasteiger partial charge in [0.05, 0.1) is 31.7 Å². The van der Waals surface area contributed by atoms with Gasteiger partial charge in [0.1, 0.15) is 11.9 Å². The van der Waals surface area contributed by atoms with Gasteiger partial charge in [0.25, 0.3) is 0 Å². The molecule has 1 aliphatic heterocycles. The third-order valence-electron chi connectivity index (χ3n) is 4.59. The predicted octanol–water partition coefficient (Wildman–Crippen LogP) is 2.09. The second-order valence-electron chi connectivity index (χ2n) is 6.42. The summed E-state index contributed by atoms with van der Waals surface area (Å²) >= 11 is 0. The fourth-order valence-electron chi connectivity index (χ4n) is 3.17. The monoisotopic (exact) mass is 360 g/mol. The van der Waals surface area contributed by atoms with Crippen LogP contribution in [-0.2, 0) is 11.2 Å². The second kappa shape index (κ2) is 8.16. The van der Waals surface area contributed by atoms with Crippen LogP contribution in [0.1, 0.15) is 36.3 Å². The minimum absolute atomic E-state index is 0.0897. The molecule has 3 rings (SSSR count). The Morgan fingerprint density at radius 1 is 1.35 bits per heavy atom. The Labute approximate surface area is 152 Å². The van der Waals surface area contributed by atoms with E-state index in [-0.39, 0.29) is 12.0 Å². The van der Waals surface area contributed by atoms with Crippen molar-refractivity contribution < 1.29 is 18.8 Å². The van der Waals surface area contributed by atoms with Gasteiger partial charge in [-0.15, -0.1) is 0 Å². The minimum Gasteiger partial charge on any atom is -0.480 e. The number of aromatic nitrogens is 3. The summed E-state index contributed by atoms with van der Waals surface area (Å²) < 4.78 is 16.1. The molecule has 0 aromatic carbocycles. The average molecular weight is 360 g/mol. The largest absolute Gasteiger partial charge is 0.480 e. The van der Waals surface area contributed by atoms with Gasteiger partial charge < -0.3 is 18.9 Å². The summed E-state index contributed by atoms with van der Waals surface area (Å²) in [4.78, 5) is 22.7. The molecular formula is C18H24N4O4. The Balaban J connectivity index is 1.54. The number of hydrogen-bond donors (Lipinski definition) is 0. The van der Waals surface area contributed by atoms with Gasteiger partial charge in [0.15, 0.2) is 0 Å². The molecule has 1 aliphatic rings. The number of carbonyl (C=O) groups excluding carboxylic acids is 1. The highest BCUT2D eigenvalue weighted by Crippen LogP contribution is 2.20. The van der Waals surface area contributed by atoms with Crippen LogP contribution in [0.3, 0.4) is 0 Å². The SMILES string of the molecule is COc1cncc(O[C@@H]2CCCN(C(=O)CCc3c(C)noc3C)C2)n1. The molecule has 0 unspecified atom stereocenters. The van der Waals surface area contributed by atoms with Crippen molar-refractivity contribution in [1.82, 2.24) is 20.0 Å². The average Bonchev–Trinajstić information content (AvgIpc) is 2.98. The van der Waals surface area contributed by atoms with Gasteiger partial charge in [-0.2, -0.15) is 4.98 Å². The van der Waals surface area contributed by atoms with Crippen LogP contribution in [0.4, 0.5) is 0 Å². The van der Waals surface area contributed by atoms with E-state index in [1.165, 1.54) is 13.3 Å². The number of carbonyl (C=O) groups is 1. The van der Waals surface area contributed by atoms with Crippen LogP contribution in [0.15, 0.2) is 16.9 Å². The summed E-state index contributed by atoms with van der Waals surface area (Å²) in [5, 5.41) is 3.94. The summed E-state index contributed by atoms with van der Waals surface area (Å²) in [5.41, 5.74) is 1.88. The number of nitrogens with zero attached hydrogens (tertiary/aromatic N) is 4. The van der Waals surface area contributed by atoms with E-state index in [2.05, 4.69) is 15.1 Å². The normalized spacial score (nSPS) is 17.2. The zero-order valence-corrected chi connectivity index (χ0v) is 15.4. The van der Waals surface area contributed by atoms with Crippen LogP contribution in [0.2, 0.25) is 0 Å². The Kier molecular flexibility index (Phi) is 5.70. The van der Waals surface area contributed by atoms with E-state index in [1.54, 1.807) is 6.20 Å². The molecule has 1 atom stereocenters. The van der Waals surface area contributed by atoms with Crippen molar-refractivity contribution in [3.8, 4) is 11.8 Å². The van der Waals surface area contributed by atoms with Gasteiger partial charge in [-0.1, -0.05) is 5.16 Å². The molecule has 26 heavy (non-hydrogen) atoms. The van der Waals surface area contributed by atoms with Crippen molar-refractivity contribution in [2.24, 2.45) is 0 Å². The van der Waals surface area contributed by atoms with Gasteiger partial charge >= 0.3 is 0 Å². The summed E-state index contributed by atoms with van der Waals surface area (Å²) in [6.45, 7) is 5.08. The van der Waals surface area contributed by atoms with Crippen molar-refractivity contribution >= 4 is 5.91 Å². The maximum Gasteiger partial charge on any atom is 0.235 e. The molecule has 0 saturated carbocycles. The van der Waals surface area contributed by atoms with Gasteiger partial charge in [-0.05, 0) is 33.1 Å². The van der Waals surface area contributed by atoms with Crippen LogP contribution in [-0.4, -0.2) is 52.2 Å². The lowest BCUT2D eigenvalue weighted by Crippen LogP contribution is -2.44. The molecule has 8 nitrogen and oxygen atoms in total. The highest BCUT2D eigenvalue weighted by molar-refractivity contribution is 5.76. The third kappa shape index (κ3) is 4.30. The Morgan fingerprint density at radius 2 is 2.15 bits per heavy atom. The summed E-state index contributed by atoms with van der Waals surface area (Å²) in [6, 6.07) is 0. The Hall–Kier alpha value is -2.64. The highest BCUT2D eigenvalue weighted by Gasteiger charge is 2.25. The minimum atomic E-state index is -0.0897. The molecule has 0 N–H and O–H groups in total. The zero-order valence-electron chi connectivity index (χ0n) is 15.4. The van der Waals surface area contributed by atoms with E-state index in [0.29, 0.717) is 31.1 Å². The fourth-order valence-corrected chi connectivity index (χ4v) is 3.17. The van der Waals surface area contributed by atoms with Crippen molar-refractivity contribution in [2.75, 3.05) is 20.2 Å². The molecule has 140 valence electrons. The number of rotatable bonds is 6. The van der Waals surface area contributed by atoms with Gasteiger partial charge in [-0.25, -0.2) is 0 Å². The number of piperidine rings is 1. The maximum absolute atomic E-state index is 12.6. The van der Waals surface area contributed by atoms with E-state index in [4.69, 9.17) is 14.0 Å². The van der Waals surface area contributed by atoms with Crippen molar-refractivity contribution in [1.29, 1.82) is 0 Å². The molecule has 1 saturated heterocycles. The molecule has 1 amide bonds. The molecule has 1 fully saturated rings. The second-order valence-corrected chi connectivity index (χ2v) is 6.42. The number of amides is 1. The van der Waals surface area contributed by atoms with Crippen molar-refractivity contribution in [3.63, 3.8) is 0 Å². The lowest BCUT2D eigenvalue weighted by molar-refractivity contribution is -0.133. The number of hydrogen-bond acceptors (Lipinski definition) is 7. The van der Waals surface area contributed by atoms with Crippen LogP contribution >= 0.6 is 0 Å². The fraction of sp³-hybridized carbons (Fsp3) is 0.556. The van der Waals surface area contributed by atoms with E-state index in [0.717, 1.165) is 36.4 Å². The lowest BCUT2D eigenvalue weighted by Gasteiger charge is -2.32. The van der Waals surface area contributed by atoms with Gasteiger partial charge in [-0.3, -0.25) is 9.78 Å². The standard InChI is InChI=1S/C18H24N4O4/c1-12-15(13(2)26-21-12)6-7-18(23)22-8-4-5-14(11-22)25-17-10-19-9-16(20-17)24-3/h9-10,14H,4-8,11H2,1-3H3/t14-/m1/s1. The van der Waals surface area contributed by atoms with E-state index < -0.39 is 0 Å². The quantitative estimate of drug-likeness (QED) is 0.779. The molecule has 2 aromatic rings. The Bertz CT molecular complexity index is 742. The summed E-state index contributed by atoms with van der Waals surface area (Å²) in [5.74, 6) is 1.73.